The monoisotopic (exact) mass is 310 g/mol. The summed E-state index contributed by atoms with van der Waals surface area (Å²) >= 11 is 1.50. The second-order valence-electron chi connectivity index (χ2n) is 6.46. The van der Waals surface area contributed by atoms with Crippen molar-refractivity contribution < 1.29 is 14.7 Å². The lowest BCUT2D eigenvalue weighted by Gasteiger charge is -2.30. The minimum absolute atomic E-state index is 0.0814. The first-order chi connectivity index (χ1) is 9.83. The van der Waals surface area contributed by atoms with Gasteiger partial charge in [0.25, 0.3) is 0 Å². The molecule has 6 heteroatoms. The fourth-order valence-corrected chi connectivity index (χ4v) is 3.90. The summed E-state index contributed by atoms with van der Waals surface area (Å²) in [5.41, 5.74) is -0.886. The lowest BCUT2D eigenvalue weighted by molar-refractivity contribution is -0.140. The van der Waals surface area contributed by atoms with Crippen molar-refractivity contribution in [1.82, 2.24) is 10.3 Å². The predicted octanol–water partition coefficient (Wildman–Crippen LogP) is 2.92. The largest absolute Gasteiger partial charge is 0.481 e. The van der Waals surface area contributed by atoms with E-state index in [0.717, 1.165) is 30.7 Å². The molecule has 1 aliphatic carbocycles. The van der Waals surface area contributed by atoms with Crippen molar-refractivity contribution in [2.24, 2.45) is 5.41 Å². The predicted molar refractivity (Wildman–Crippen MR) is 81.1 cm³/mol. The van der Waals surface area contributed by atoms with E-state index in [2.05, 4.69) is 10.3 Å². The van der Waals surface area contributed by atoms with Gasteiger partial charge in [-0.1, -0.05) is 12.8 Å². The average Bonchev–Trinajstić information content (AvgIpc) is 2.98. The van der Waals surface area contributed by atoms with Gasteiger partial charge < -0.3 is 10.4 Å². The molecule has 116 valence electrons. The van der Waals surface area contributed by atoms with E-state index in [1.165, 1.54) is 11.3 Å². The molecule has 2 N–H and O–H groups in total. The Kier molecular flexibility index (Phi) is 4.66. The Morgan fingerprint density at radius 1 is 1.38 bits per heavy atom. The number of carboxylic acid groups (broad SMARTS) is 1. The average molecular weight is 310 g/mol. The molecular weight excluding hydrogens is 288 g/mol. The van der Waals surface area contributed by atoms with Gasteiger partial charge in [0.05, 0.1) is 12.0 Å². The summed E-state index contributed by atoms with van der Waals surface area (Å²) in [6, 6.07) is 0. The molecule has 1 fully saturated rings. The number of thiazole rings is 1. The highest BCUT2D eigenvalue weighted by molar-refractivity contribution is 7.09. The topological polar surface area (TPSA) is 79.3 Å². The van der Waals surface area contributed by atoms with Crippen LogP contribution >= 0.6 is 11.3 Å². The first kappa shape index (κ1) is 15.9. The highest BCUT2D eigenvalue weighted by Gasteiger charge is 2.39. The summed E-state index contributed by atoms with van der Waals surface area (Å²) in [7, 11) is 0. The van der Waals surface area contributed by atoms with Crippen molar-refractivity contribution >= 4 is 23.2 Å². The van der Waals surface area contributed by atoms with Crippen LogP contribution in [-0.2, 0) is 15.1 Å². The van der Waals surface area contributed by atoms with E-state index in [0.29, 0.717) is 0 Å². The molecule has 1 aromatic heterocycles. The summed E-state index contributed by atoms with van der Waals surface area (Å²) in [5.74, 6) is -0.901. The number of nitrogens with zero attached hydrogens (tertiary/aromatic N) is 1. The molecule has 0 spiro atoms. The van der Waals surface area contributed by atoms with Crippen LogP contribution in [-0.4, -0.2) is 22.0 Å². The standard InChI is InChI=1S/C15H22N2O3S/c1-14(2,13-16-7-8-21-13)17-11(18)9-15(10-12(19)20)5-3-4-6-15/h7-8H,3-6,9-10H2,1-2H3,(H,17,18)(H,19,20). The smallest absolute Gasteiger partial charge is 0.303 e. The maximum absolute atomic E-state index is 12.4. The van der Waals surface area contributed by atoms with E-state index >= 15 is 0 Å². The van der Waals surface area contributed by atoms with Gasteiger partial charge in [-0.15, -0.1) is 11.3 Å². The van der Waals surface area contributed by atoms with Crippen LogP contribution in [0.5, 0.6) is 0 Å². The Bertz CT molecular complexity index is 505. The molecule has 0 atom stereocenters. The normalized spacial score (nSPS) is 17.6. The number of hydrogen-bond acceptors (Lipinski definition) is 4. The zero-order valence-corrected chi connectivity index (χ0v) is 13.3. The first-order valence-electron chi connectivity index (χ1n) is 7.26. The fourth-order valence-electron chi connectivity index (χ4n) is 3.18. The van der Waals surface area contributed by atoms with Crippen molar-refractivity contribution in [2.75, 3.05) is 0 Å². The first-order valence-corrected chi connectivity index (χ1v) is 8.14. The molecular formula is C15H22N2O3S. The van der Waals surface area contributed by atoms with Crippen LogP contribution in [0.4, 0.5) is 0 Å². The maximum atomic E-state index is 12.4. The van der Waals surface area contributed by atoms with Crippen LogP contribution in [0.3, 0.4) is 0 Å². The lowest BCUT2D eigenvalue weighted by Crippen LogP contribution is -2.43. The molecule has 0 radical (unpaired) electrons. The number of aliphatic carboxylic acids is 1. The van der Waals surface area contributed by atoms with Crippen molar-refractivity contribution in [3.8, 4) is 0 Å². The molecule has 1 amide bonds. The second-order valence-corrected chi connectivity index (χ2v) is 7.36. The van der Waals surface area contributed by atoms with E-state index in [4.69, 9.17) is 5.11 Å². The SMILES string of the molecule is CC(C)(NC(=O)CC1(CC(=O)O)CCCC1)c1nccs1. The van der Waals surface area contributed by atoms with E-state index in [9.17, 15) is 9.59 Å². The summed E-state index contributed by atoms with van der Waals surface area (Å²) in [4.78, 5) is 27.7. The Morgan fingerprint density at radius 2 is 2.05 bits per heavy atom. The number of rotatable bonds is 6. The van der Waals surface area contributed by atoms with Crippen LogP contribution in [0.2, 0.25) is 0 Å². The Hall–Kier alpha value is -1.43. The summed E-state index contributed by atoms with van der Waals surface area (Å²) < 4.78 is 0. The van der Waals surface area contributed by atoms with Gasteiger partial charge in [0.2, 0.25) is 5.91 Å². The molecule has 1 aliphatic rings. The Balaban J connectivity index is 2.01. The van der Waals surface area contributed by atoms with E-state index in [1.54, 1.807) is 6.20 Å². The molecule has 1 heterocycles. The number of amides is 1. The van der Waals surface area contributed by atoms with Gasteiger partial charge in [0.15, 0.2) is 0 Å². The molecule has 0 aromatic carbocycles. The Morgan fingerprint density at radius 3 is 2.57 bits per heavy atom. The van der Waals surface area contributed by atoms with Gasteiger partial charge >= 0.3 is 5.97 Å². The van der Waals surface area contributed by atoms with Crippen LogP contribution in [0.25, 0.3) is 0 Å². The molecule has 2 rings (SSSR count). The van der Waals surface area contributed by atoms with E-state index < -0.39 is 11.5 Å². The number of carbonyl (C=O) groups excluding carboxylic acids is 1. The van der Waals surface area contributed by atoms with Crippen molar-refractivity contribution in [3.63, 3.8) is 0 Å². The number of carboxylic acids is 1. The van der Waals surface area contributed by atoms with Gasteiger partial charge in [0, 0.05) is 18.0 Å². The molecule has 5 nitrogen and oxygen atoms in total. The number of nitrogens with one attached hydrogen (secondary N) is 1. The third-order valence-electron chi connectivity index (χ3n) is 4.14. The van der Waals surface area contributed by atoms with Crippen molar-refractivity contribution in [1.29, 1.82) is 0 Å². The van der Waals surface area contributed by atoms with Gasteiger partial charge in [-0.25, -0.2) is 4.98 Å². The minimum Gasteiger partial charge on any atom is -0.481 e. The van der Waals surface area contributed by atoms with Gasteiger partial charge in [-0.2, -0.15) is 0 Å². The molecule has 21 heavy (non-hydrogen) atoms. The van der Waals surface area contributed by atoms with Crippen molar-refractivity contribution in [3.05, 3.63) is 16.6 Å². The van der Waals surface area contributed by atoms with Gasteiger partial charge in [-0.3, -0.25) is 9.59 Å². The zero-order valence-electron chi connectivity index (χ0n) is 12.5. The summed E-state index contributed by atoms with van der Waals surface area (Å²) in [5, 5.41) is 14.8. The second kappa shape index (κ2) is 6.13. The highest BCUT2D eigenvalue weighted by atomic mass is 32.1. The zero-order chi connectivity index (χ0) is 15.5. The van der Waals surface area contributed by atoms with Crippen LogP contribution in [0.1, 0.15) is 57.4 Å². The van der Waals surface area contributed by atoms with Crippen LogP contribution in [0.15, 0.2) is 11.6 Å². The van der Waals surface area contributed by atoms with E-state index in [-0.39, 0.29) is 24.2 Å². The molecule has 1 aromatic rings. The molecule has 1 saturated carbocycles. The summed E-state index contributed by atoms with van der Waals surface area (Å²) in [6.45, 7) is 3.84. The van der Waals surface area contributed by atoms with Crippen LogP contribution in [0, 0.1) is 5.41 Å². The third kappa shape index (κ3) is 4.03. The fraction of sp³-hybridized carbons (Fsp3) is 0.667. The lowest BCUT2D eigenvalue weighted by atomic mass is 9.79. The van der Waals surface area contributed by atoms with Gasteiger partial charge in [-0.05, 0) is 32.1 Å². The molecule has 0 saturated heterocycles. The van der Waals surface area contributed by atoms with E-state index in [1.807, 2.05) is 19.2 Å². The number of carbonyl (C=O) groups is 2. The molecule has 0 bridgehead atoms. The van der Waals surface area contributed by atoms with Crippen molar-refractivity contribution in [2.45, 2.75) is 57.9 Å². The third-order valence-corrected chi connectivity index (χ3v) is 5.24. The highest BCUT2D eigenvalue weighted by Crippen LogP contribution is 2.44. The quantitative estimate of drug-likeness (QED) is 0.846. The van der Waals surface area contributed by atoms with Crippen LogP contribution < -0.4 is 5.32 Å². The number of hydrogen-bond donors (Lipinski definition) is 2. The number of aromatic nitrogens is 1. The maximum Gasteiger partial charge on any atom is 0.303 e. The summed E-state index contributed by atoms with van der Waals surface area (Å²) in [6.07, 6.45) is 5.75. The Labute approximate surface area is 128 Å². The van der Waals surface area contributed by atoms with Gasteiger partial charge in [0.1, 0.15) is 5.01 Å². The minimum atomic E-state index is -0.816. The molecule has 0 aliphatic heterocycles. The molecule has 0 unspecified atom stereocenters.